The maximum atomic E-state index is 14.7. The van der Waals surface area contributed by atoms with Gasteiger partial charge in [-0.05, 0) is 12.1 Å². The Bertz CT molecular complexity index is 1080. The van der Waals surface area contributed by atoms with Crippen molar-refractivity contribution < 1.29 is 23.4 Å². The van der Waals surface area contributed by atoms with Gasteiger partial charge in [-0.15, -0.1) is 0 Å². The van der Waals surface area contributed by atoms with Crippen LogP contribution in [0, 0.1) is 5.82 Å². The summed E-state index contributed by atoms with van der Waals surface area (Å²) in [4.78, 5) is 20.9. The minimum Gasteiger partial charge on any atom is -0.488 e. The maximum absolute atomic E-state index is 14.7. The number of imidazole rings is 1. The molecule has 0 unspecified atom stereocenters. The molecule has 0 saturated heterocycles. The molecule has 4 heterocycles. The first-order valence-corrected chi connectivity index (χ1v) is 8.73. The summed E-state index contributed by atoms with van der Waals surface area (Å²) < 4.78 is 32.9. The lowest BCUT2D eigenvalue weighted by Gasteiger charge is -2.17. The van der Waals surface area contributed by atoms with Crippen LogP contribution in [0.25, 0.3) is 11.3 Å². The molecule has 0 spiro atoms. The Labute approximate surface area is 158 Å². The number of hydrogen-bond donors (Lipinski definition) is 1. The van der Waals surface area contributed by atoms with Crippen molar-refractivity contribution in [2.75, 3.05) is 25.1 Å². The van der Waals surface area contributed by atoms with E-state index in [2.05, 4.69) is 15.3 Å². The molecule has 8 nitrogen and oxygen atoms in total. The minimum atomic E-state index is -0.599. The van der Waals surface area contributed by atoms with Crippen molar-refractivity contribution in [3.05, 3.63) is 48.3 Å². The molecule has 0 saturated carbocycles. The SMILES string of the molecule is O=C(Nc1cnc2c(c1)OCCO2)c1cc(F)c2c(c1)-c1cncn1CCO2. The predicted molar refractivity (Wildman–Crippen MR) is 96.3 cm³/mol. The predicted octanol–water partition coefficient (Wildman–Crippen LogP) is 2.50. The van der Waals surface area contributed by atoms with E-state index in [1.807, 2.05) is 4.57 Å². The molecule has 2 aliphatic heterocycles. The Kier molecular flexibility index (Phi) is 3.85. The van der Waals surface area contributed by atoms with Gasteiger partial charge in [0.05, 0.1) is 36.6 Å². The molecular weight excluding hydrogens is 367 g/mol. The van der Waals surface area contributed by atoms with Crippen LogP contribution in [0.15, 0.2) is 36.9 Å². The Morgan fingerprint density at radius 1 is 1.11 bits per heavy atom. The van der Waals surface area contributed by atoms with E-state index < -0.39 is 11.7 Å². The lowest BCUT2D eigenvalue weighted by atomic mass is 10.1. The number of pyridine rings is 1. The van der Waals surface area contributed by atoms with Gasteiger partial charge < -0.3 is 24.1 Å². The zero-order valence-electron chi connectivity index (χ0n) is 14.6. The van der Waals surface area contributed by atoms with Crippen LogP contribution in [0.4, 0.5) is 10.1 Å². The van der Waals surface area contributed by atoms with E-state index in [9.17, 15) is 9.18 Å². The van der Waals surface area contributed by atoms with Gasteiger partial charge in [-0.2, -0.15) is 0 Å². The molecule has 0 radical (unpaired) electrons. The van der Waals surface area contributed by atoms with Gasteiger partial charge in [0.15, 0.2) is 17.3 Å². The largest absolute Gasteiger partial charge is 0.488 e. The van der Waals surface area contributed by atoms with E-state index in [1.165, 1.54) is 6.20 Å². The van der Waals surface area contributed by atoms with Crippen LogP contribution in [0.5, 0.6) is 17.4 Å². The van der Waals surface area contributed by atoms with E-state index in [-0.39, 0.29) is 11.3 Å². The number of benzene rings is 1. The molecule has 1 aromatic carbocycles. The number of amides is 1. The average Bonchev–Trinajstić information content (AvgIpc) is 3.10. The quantitative estimate of drug-likeness (QED) is 0.733. The zero-order valence-corrected chi connectivity index (χ0v) is 14.6. The van der Waals surface area contributed by atoms with Gasteiger partial charge in [-0.1, -0.05) is 0 Å². The first kappa shape index (κ1) is 16.5. The number of nitrogens with zero attached hydrogens (tertiary/aromatic N) is 3. The molecule has 3 aromatic rings. The molecule has 1 amide bonds. The van der Waals surface area contributed by atoms with Gasteiger partial charge in [-0.25, -0.2) is 14.4 Å². The molecule has 28 heavy (non-hydrogen) atoms. The molecule has 9 heteroatoms. The third kappa shape index (κ3) is 2.81. The van der Waals surface area contributed by atoms with Crippen LogP contribution < -0.4 is 19.5 Å². The first-order valence-electron chi connectivity index (χ1n) is 8.73. The maximum Gasteiger partial charge on any atom is 0.257 e. The van der Waals surface area contributed by atoms with Crippen LogP contribution in [0.1, 0.15) is 10.4 Å². The van der Waals surface area contributed by atoms with Crippen molar-refractivity contribution in [3.8, 4) is 28.6 Å². The summed E-state index contributed by atoms with van der Waals surface area (Å²) in [6.07, 6.45) is 4.74. The highest BCUT2D eigenvalue weighted by Gasteiger charge is 2.22. The number of rotatable bonds is 2. The molecule has 2 aliphatic rings. The van der Waals surface area contributed by atoms with Gasteiger partial charge in [0.1, 0.15) is 19.8 Å². The van der Waals surface area contributed by atoms with Gasteiger partial charge in [0.2, 0.25) is 0 Å². The van der Waals surface area contributed by atoms with Crippen molar-refractivity contribution >= 4 is 11.6 Å². The monoisotopic (exact) mass is 382 g/mol. The smallest absolute Gasteiger partial charge is 0.257 e. The molecule has 0 aliphatic carbocycles. The summed E-state index contributed by atoms with van der Waals surface area (Å²) >= 11 is 0. The normalized spacial score (nSPS) is 14.3. The summed E-state index contributed by atoms with van der Waals surface area (Å²) in [5.74, 6) is -0.120. The lowest BCUT2D eigenvalue weighted by molar-refractivity contribution is 0.102. The van der Waals surface area contributed by atoms with Crippen molar-refractivity contribution in [1.82, 2.24) is 14.5 Å². The number of fused-ring (bicyclic) bond motifs is 4. The Morgan fingerprint density at radius 3 is 2.93 bits per heavy atom. The number of aromatic nitrogens is 3. The second-order valence-electron chi connectivity index (χ2n) is 6.33. The highest BCUT2D eigenvalue weighted by molar-refractivity contribution is 6.05. The second kappa shape index (κ2) is 6.52. The van der Waals surface area contributed by atoms with Crippen molar-refractivity contribution in [3.63, 3.8) is 0 Å². The standard InChI is InChI=1S/C19H15FN4O4/c20-14-6-11(5-13-15-9-21-10-24(15)1-2-27-17(13)14)18(25)23-12-7-16-19(22-8-12)28-4-3-26-16/h5-10H,1-4H2,(H,23,25). The van der Waals surface area contributed by atoms with Crippen molar-refractivity contribution in [2.24, 2.45) is 0 Å². The number of anilines is 1. The fourth-order valence-corrected chi connectivity index (χ4v) is 3.24. The van der Waals surface area contributed by atoms with Crippen molar-refractivity contribution in [2.45, 2.75) is 6.54 Å². The summed E-state index contributed by atoms with van der Waals surface area (Å²) in [5, 5.41) is 2.71. The molecule has 5 rings (SSSR count). The number of ether oxygens (including phenoxy) is 3. The molecule has 142 valence electrons. The summed E-state index contributed by atoms with van der Waals surface area (Å²) in [6.45, 7) is 1.71. The third-order valence-corrected chi connectivity index (χ3v) is 4.53. The van der Waals surface area contributed by atoms with E-state index in [0.29, 0.717) is 54.9 Å². The first-order chi connectivity index (χ1) is 13.7. The number of carbonyl (C=O) groups excluding carboxylic acids is 1. The highest BCUT2D eigenvalue weighted by atomic mass is 19.1. The fourth-order valence-electron chi connectivity index (χ4n) is 3.24. The zero-order chi connectivity index (χ0) is 19.1. The van der Waals surface area contributed by atoms with E-state index >= 15 is 0 Å². The van der Waals surface area contributed by atoms with Crippen LogP contribution in [-0.4, -0.2) is 40.3 Å². The van der Waals surface area contributed by atoms with E-state index in [0.717, 1.165) is 6.07 Å². The molecule has 1 N–H and O–H groups in total. The third-order valence-electron chi connectivity index (χ3n) is 4.53. The molecule has 0 atom stereocenters. The van der Waals surface area contributed by atoms with E-state index in [4.69, 9.17) is 14.2 Å². The Hall–Kier alpha value is -3.62. The molecule has 0 bridgehead atoms. The number of hydrogen-bond acceptors (Lipinski definition) is 6. The minimum absolute atomic E-state index is 0.122. The van der Waals surface area contributed by atoms with Gasteiger partial charge >= 0.3 is 0 Å². The molecule has 2 aromatic heterocycles. The molecule has 0 fully saturated rings. The van der Waals surface area contributed by atoms with Crippen LogP contribution in [-0.2, 0) is 6.54 Å². The summed E-state index contributed by atoms with van der Waals surface area (Å²) in [7, 11) is 0. The average molecular weight is 382 g/mol. The van der Waals surface area contributed by atoms with E-state index in [1.54, 1.807) is 24.7 Å². The van der Waals surface area contributed by atoms with Gasteiger partial charge in [0, 0.05) is 17.2 Å². The molecular formula is C19H15FN4O4. The number of nitrogens with one attached hydrogen (secondary N) is 1. The van der Waals surface area contributed by atoms with Gasteiger partial charge in [-0.3, -0.25) is 4.79 Å². The fraction of sp³-hybridized carbons (Fsp3) is 0.211. The van der Waals surface area contributed by atoms with Crippen LogP contribution in [0.2, 0.25) is 0 Å². The second-order valence-corrected chi connectivity index (χ2v) is 6.33. The van der Waals surface area contributed by atoms with Crippen molar-refractivity contribution in [1.29, 1.82) is 0 Å². The lowest BCUT2D eigenvalue weighted by Crippen LogP contribution is -2.17. The highest BCUT2D eigenvalue weighted by Crippen LogP contribution is 2.36. The van der Waals surface area contributed by atoms with Crippen LogP contribution in [0.3, 0.4) is 0 Å². The van der Waals surface area contributed by atoms with Crippen LogP contribution >= 0.6 is 0 Å². The topological polar surface area (TPSA) is 87.5 Å². The number of carbonyl (C=O) groups is 1. The Balaban J connectivity index is 1.47. The summed E-state index contributed by atoms with van der Waals surface area (Å²) in [6, 6.07) is 4.38. The van der Waals surface area contributed by atoms with Gasteiger partial charge in [0.25, 0.3) is 11.8 Å². The number of halogens is 1. The Morgan fingerprint density at radius 2 is 2.00 bits per heavy atom. The summed E-state index contributed by atoms with van der Waals surface area (Å²) in [5.41, 5.74) is 1.76.